The minimum Gasteiger partial charge on any atom is -0.490 e. The highest BCUT2D eigenvalue weighted by Gasteiger charge is 2.14. The summed E-state index contributed by atoms with van der Waals surface area (Å²) in [7, 11) is 0. The number of hydrazone groups is 1. The number of hydrogen-bond acceptors (Lipinski definition) is 5. The van der Waals surface area contributed by atoms with Gasteiger partial charge in [0.2, 0.25) is 0 Å². The van der Waals surface area contributed by atoms with Crippen molar-refractivity contribution in [1.82, 2.24) is 5.43 Å². The molecule has 1 aromatic heterocycles. The lowest BCUT2D eigenvalue weighted by molar-refractivity contribution is 0.0929. The Morgan fingerprint density at radius 1 is 1.00 bits per heavy atom. The van der Waals surface area contributed by atoms with Gasteiger partial charge in [0, 0.05) is 9.86 Å². The molecule has 0 unspecified atom stereocenters. The average Bonchev–Trinajstić information content (AvgIpc) is 3.32. The van der Waals surface area contributed by atoms with Gasteiger partial charge in [-0.3, -0.25) is 4.79 Å². The normalized spacial score (nSPS) is 11.3. The summed E-state index contributed by atoms with van der Waals surface area (Å²) in [4.78, 5) is 12.5. The van der Waals surface area contributed by atoms with Crippen LogP contribution in [-0.4, -0.2) is 18.7 Å². The molecule has 0 saturated carbocycles. The lowest BCUT2D eigenvalue weighted by Gasteiger charge is -2.14. The predicted octanol–water partition coefficient (Wildman–Crippen LogP) is 7.74. The molecule has 0 aliphatic heterocycles. The van der Waals surface area contributed by atoms with Crippen LogP contribution in [0.1, 0.15) is 28.6 Å². The second-order valence-corrected chi connectivity index (χ2v) is 9.55. The maximum Gasteiger partial charge on any atom is 0.307 e. The van der Waals surface area contributed by atoms with E-state index in [9.17, 15) is 4.79 Å². The Labute approximate surface area is 227 Å². The predicted molar refractivity (Wildman–Crippen MR) is 150 cm³/mol. The molecule has 0 radical (unpaired) electrons. The van der Waals surface area contributed by atoms with Crippen molar-refractivity contribution in [3.63, 3.8) is 0 Å². The summed E-state index contributed by atoms with van der Waals surface area (Å²) in [5.74, 6) is 0.642. The molecular formula is C29H22BrClN2O4. The molecule has 0 atom stereocenters. The first-order valence-corrected chi connectivity index (χ1v) is 12.8. The van der Waals surface area contributed by atoms with Crippen LogP contribution >= 0.6 is 27.5 Å². The summed E-state index contributed by atoms with van der Waals surface area (Å²) >= 11 is 9.96. The molecule has 1 amide bonds. The summed E-state index contributed by atoms with van der Waals surface area (Å²) in [5.41, 5.74) is 4.75. The van der Waals surface area contributed by atoms with Gasteiger partial charge in [-0.05, 0) is 71.3 Å². The third-order valence-electron chi connectivity index (χ3n) is 5.61. The zero-order valence-electron chi connectivity index (χ0n) is 19.8. The Hall–Kier alpha value is -3.81. The van der Waals surface area contributed by atoms with E-state index in [0.717, 1.165) is 20.8 Å². The zero-order chi connectivity index (χ0) is 25.8. The van der Waals surface area contributed by atoms with Gasteiger partial charge < -0.3 is 13.9 Å². The van der Waals surface area contributed by atoms with Crippen LogP contribution < -0.4 is 14.9 Å². The van der Waals surface area contributed by atoms with Crippen molar-refractivity contribution in [2.75, 3.05) is 6.61 Å². The number of carbonyl (C=O) groups excluding carboxylic acids is 1. The number of benzene rings is 4. The molecule has 0 spiro atoms. The zero-order valence-corrected chi connectivity index (χ0v) is 22.2. The molecule has 1 heterocycles. The molecule has 4 aromatic carbocycles. The first kappa shape index (κ1) is 24.9. The second-order valence-electron chi connectivity index (χ2n) is 8.23. The molecule has 0 aliphatic rings. The van der Waals surface area contributed by atoms with Gasteiger partial charge in [-0.15, -0.1) is 0 Å². The Balaban J connectivity index is 1.29. The minimum absolute atomic E-state index is 0.163. The largest absolute Gasteiger partial charge is 0.490 e. The number of furan rings is 1. The lowest BCUT2D eigenvalue weighted by atomic mass is 10.1. The van der Waals surface area contributed by atoms with Crippen LogP contribution in [-0.2, 0) is 6.61 Å². The van der Waals surface area contributed by atoms with Gasteiger partial charge in [0.15, 0.2) is 17.3 Å². The number of nitrogens with one attached hydrogen (secondary N) is 1. The SMILES string of the molecule is CCOc1cc(/C=N/NC(=O)c2cc3cc(Br)ccc3o2)cc(Cl)c1OCc1ccc2ccccc2c1. The Bertz CT molecular complexity index is 1630. The number of carbonyl (C=O) groups is 1. The van der Waals surface area contributed by atoms with Crippen LogP contribution in [0.2, 0.25) is 5.02 Å². The third kappa shape index (κ3) is 5.79. The van der Waals surface area contributed by atoms with Crippen LogP contribution in [0.15, 0.2) is 92.9 Å². The van der Waals surface area contributed by atoms with Crippen LogP contribution in [0.25, 0.3) is 21.7 Å². The second kappa shape index (κ2) is 11.1. The fourth-order valence-corrected chi connectivity index (χ4v) is 4.55. The number of amides is 1. The highest BCUT2D eigenvalue weighted by molar-refractivity contribution is 9.10. The van der Waals surface area contributed by atoms with E-state index in [4.69, 9.17) is 25.5 Å². The Kier molecular flexibility index (Phi) is 7.44. The van der Waals surface area contributed by atoms with E-state index in [2.05, 4.69) is 50.7 Å². The fourth-order valence-electron chi connectivity index (χ4n) is 3.90. The molecule has 0 bridgehead atoms. The number of rotatable bonds is 8. The van der Waals surface area contributed by atoms with Gasteiger partial charge in [-0.1, -0.05) is 63.9 Å². The van der Waals surface area contributed by atoms with Gasteiger partial charge in [0.25, 0.3) is 0 Å². The number of fused-ring (bicyclic) bond motifs is 2. The Morgan fingerprint density at radius 3 is 2.68 bits per heavy atom. The van der Waals surface area contributed by atoms with Gasteiger partial charge in [0.1, 0.15) is 12.2 Å². The maximum absolute atomic E-state index is 12.5. The summed E-state index contributed by atoms with van der Waals surface area (Å²) in [6.07, 6.45) is 1.48. The van der Waals surface area contributed by atoms with Crippen molar-refractivity contribution in [1.29, 1.82) is 0 Å². The van der Waals surface area contributed by atoms with Crippen LogP contribution in [0.3, 0.4) is 0 Å². The number of hydrogen-bond donors (Lipinski definition) is 1. The summed E-state index contributed by atoms with van der Waals surface area (Å²) in [6, 6.07) is 25.0. The third-order valence-corrected chi connectivity index (χ3v) is 6.38. The Morgan fingerprint density at radius 2 is 1.84 bits per heavy atom. The van der Waals surface area contributed by atoms with E-state index >= 15 is 0 Å². The van der Waals surface area contributed by atoms with Crippen molar-refractivity contribution in [2.24, 2.45) is 5.10 Å². The van der Waals surface area contributed by atoms with Crippen molar-refractivity contribution in [3.8, 4) is 11.5 Å². The van der Waals surface area contributed by atoms with E-state index in [1.807, 2.05) is 37.3 Å². The van der Waals surface area contributed by atoms with E-state index in [1.54, 1.807) is 24.3 Å². The molecule has 0 saturated heterocycles. The van der Waals surface area contributed by atoms with Gasteiger partial charge >= 0.3 is 5.91 Å². The summed E-state index contributed by atoms with van der Waals surface area (Å²) in [6.45, 7) is 2.65. The number of halogens is 2. The molecule has 8 heteroatoms. The van der Waals surface area contributed by atoms with E-state index in [1.165, 1.54) is 11.6 Å². The van der Waals surface area contributed by atoms with Crippen LogP contribution in [0.4, 0.5) is 0 Å². The molecule has 186 valence electrons. The molecule has 0 fully saturated rings. The van der Waals surface area contributed by atoms with Crippen LogP contribution in [0, 0.1) is 0 Å². The minimum atomic E-state index is -0.463. The molecule has 1 N–H and O–H groups in total. The number of ether oxygens (including phenoxy) is 2. The maximum atomic E-state index is 12.5. The van der Waals surface area contributed by atoms with Gasteiger partial charge in [-0.2, -0.15) is 5.10 Å². The van der Waals surface area contributed by atoms with Crippen molar-refractivity contribution in [2.45, 2.75) is 13.5 Å². The topological polar surface area (TPSA) is 73.1 Å². The standard InChI is InChI=1S/C29H22BrClN2O4/c1-2-35-26-13-19(16-32-33-29(34)27-15-22-14-23(30)9-10-25(22)37-27)12-24(31)28(26)36-17-18-7-8-20-5-3-4-6-21(20)11-18/h3-16H,2,17H2,1H3,(H,33,34)/b32-16+. The van der Waals surface area contributed by atoms with E-state index in [0.29, 0.717) is 40.9 Å². The molecule has 37 heavy (non-hydrogen) atoms. The van der Waals surface area contributed by atoms with Gasteiger partial charge in [0.05, 0.1) is 17.8 Å². The summed E-state index contributed by atoms with van der Waals surface area (Å²) in [5, 5.41) is 7.56. The monoisotopic (exact) mass is 576 g/mol. The highest BCUT2D eigenvalue weighted by Crippen LogP contribution is 2.37. The molecule has 0 aliphatic carbocycles. The van der Waals surface area contributed by atoms with E-state index in [-0.39, 0.29) is 5.76 Å². The smallest absolute Gasteiger partial charge is 0.307 e. The molecular weight excluding hydrogens is 556 g/mol. The lowest BCUT2D eigenvalue weighted by Crippen LogP contribution is -2.16. The molecule has 6 nitrogen and oxygen atoms in total. The van der Waals surface area contributed by atoms with E-state index < -0.39 is 5.91 Å². The van der Waals surface area contributed by atoms with Crippen LogP contribution in [0.5, 0.6) is 11.5 Å². The van der Waals surface area contributed by atoms with Crippen molar-refractivity contribution in [3.05, 3.63) is 105 Å². The molecule has 5 rings (SSSR count). The quantitative estimate of drug-likeness (QED) is 0.151. The van der Waals surface area contributed by atoms with Crippen molar-refractivity contribution >= 4 is 61.4 Å². The molecule has 5 aromatic rings. The first-order chi connectivity index (χ1) is 18.0. The fraction of sp³-hybridized carbons (Fsp3) is 0.103. The highest BCUT2D eigenvalue weighted by atomic mass is 79.9. The average molecular weight is 578 g/mol. The summed E-state index contributed by atoms with van der Waals surface area (Å²) < 4.78 is 18.3. The van der Waals surface area contributed by atoms with Gasteiger partial charge in [-0.25, -0.2) is 5.43 Å². The van der Waals surface area contributed by atoms with Crippen molar-refractivity contribution < 1.29 is 18.7 Å². The number of nitrogens with zero attached hydrogens (tertiary/aromatic N) is 1. The first-order valence-electron chi connectivity index (χ1n) is 11.6.